The first-order chi connectivity index (χ1) is 14.3. The summed E-state index contributed by atoms with van der Waals surface area (Å²) >= 11 is 0. The fourth-order valence-electron chi connectivity index (χ4n) is 3.38. The van der Waals surface area contributed by atoms with Crippen molar-refractivity contribution in [3.63, 3.8) is 0 Å². The van der Waals surface area contributed by atoms with E-state index in [4.69, 9.17) is 0 Å². The molecule has 9 heteroatoms. The average molecular weight is 409 g/mol. The Labute approximate surface area is 169 Å². The van der Waals surface area contributed by atoms with Gasteiger partial charge < -0.3 is 0 Å². The number of aromatic nitrogens is 5. The highest BCUT2D eigenvalue weighted by molar-refractivity contribution is 5.80. The van der Waals surface area contributed by atoms with Gasteiger partial charge in [-0.1, -0.05) is 13.8 Å². The van der Waals surface area contributed by atoms with Crippen LogP contribution in [-0.4, -0.2) is 24.5 Å². The summed E-state index contributed by atoms with van der Waals surface area (Å²) in [5, 5.41) is -0.141. The first-order valence-electron chi connectivity index (χ1n) is 9.22. The van der Waals surface area contributed by atoms with E-state index < -0.39 is 23.0 Å². The maximum atomic E-state index is 14.8. The Hall–Kier alpha value is -3.75. The predicted octanol–water partition coefficient (Wildman–Crippen LogP) is 3.24. The van der Waals surface area contributed by atoms with E-state index in [0.29, 0.717) is 16.9 Å². The summed E-state index contributed by atoms with van der Waals surface area (Å²) in [4.78, 5) is 39.5. The third kappa shape index (κ3) is 3.08. The van der Waals surface area contributed by atoms with Crippen LogP contribution in [-0.2, 0) is 0 Å². The van der Waals surface area contributed by atoms with Gasteiger partial charge in [-0.3, -0.25) is 14.8 Å². The number of halogens is 2. The van der Waals surface area contributed by atoms with Crippen molar-refractivity contribution in [2.24, 2.45) is 0 Å². The van der Waals surface area contributed by atoms with Gasteiger partial charge in [0.1, 0.15) is 5.69 Å². The van der Waals surface area contributed by atoms with Crippen molar-refractivity contribution in [3.05, 3.63) is 80.5 Å². The number of aromatic amines is 1. The molecule has 0 atom stereocenters. The summed E-state index contributed by atoms with van der Waals surface area (Å²) in [6.07, 6.45) is 2.85. The van der Waals surface area contributed by atoms with Gasteiger partial charge in [0.25, 0.3) is 5.56 Å². The number of rotatable bonds is 3. The molecule has 4 rings (SSSR count). The van der Waals surface area contributed by atoms with Gasteiger partial charge in [-0.15, -0.1) is 0 Å². The van der Waals surface area contributed by atoms with Gasteiger partial charge in [0.05, 0.1) is 22.3 Å². The van der Waals surface area contributed by atoms with Crippen LogP contribution in [0, 0.1) is 18.7 Å². The van der Waals surface area contributed by atoms with E-state index >= 15 is 0 Å². The molecular formula is C21H17F2N5O2. The lowest BCUT2D eigenvalue weighted by atomic mass is 10.0. The molecule has 0 aliphatic heterocycles. The Morgan fingerprint density at radius 2 is 1.87 bits per heavy atom. The number of nitrogens with zero attached hydrogens (tertiary/aromatic N) is 4. The normalized spacial score (nSPS) is 11.4. The lowest BCUT2D eigenvalue weighted by molar-refractivity contribution is 0.581. The Balaban J connectivity index is 2.18. The minimum atomic E-state index is -0.914. The van der Waals surface area contributed by atoms with Crippen LogP contribution in [0.3, 0.4) is 0 Å². The molecule has 30 heavy (non-hydrogen) atoms. The first kappa shape index (κ1) is 19.6. The highest BCUT2D eigenvalue weighted by atomic mass is 19.1. The van der Waals surface area contributed by atoms with Gasteiger partial charge in [0.15, 0.2) is 11.5 Å². The molecule has 0 bridgehead atoms. The van der Waals surface area contributed by atoms with Crippen molar-refractivity contribution in [1.29, 1.82) is 0 Å². The van der Waals surface area contributed by atoms with Crippen LogP contribution in [0.15, 0.2) is 46.2 Å². The fraction of sp³-hybridized carbons (Fsp3) is 0.190. The third-order valence-electron chi connectivity index (χ3n) is 4.77. The second-order valence-corrected chi connectivity index (χ2v) is 7.14. The Kier molecular flexibility index (Phi) is 4.73. The summed E-state index contributed by atoms with van der Waals surface area (Å²) in [6, 6.07) is 5.43. The third-order valence-corrected chi connectivity index (χ3v) is 4.77. The smallest absolute Gasteiger partial charge is 0.273 e. The van der Waals surface area contributed by atoms with Gasteiger partial charge >= 0.3 is 5.69 Å². The van der Waals surface area contributed by atoms with Crippen molar-refractivity contribution in [3.8, 4) is 16.9 Å². The highest BCUT2D eigenvalue weighted by Crippen LogP contribution is 2.28. The number of nitrogens with one attached hydrogen (secondary N) is 1. The van der Waals surface area contributed by atoms with E-state index in [1.807, 2.05) is 13.8 Å². The van der Waals surface area contributed by atoms with Gasteiger partial charge in [-0.05, 0) is 42.7 Å². The maximum absolute atomic E-state index is 14.8. The molecule has 0 saturated heterocycles. The Bertz CT molecular complexity index is 1410. The lowest BCUT2D eigenvalue weighted by Gasteiger charge is -2.17. The number of aryl methyl sites for hydroxylation is 1. The van der Waals surface area contributed by atoms with Crippen molar-refractivity contribution in [2.45, 2.75) is 26.7 Å². The van der Waals surface area contributed by atoms with E-state index in [1.165, 1.54) is 22.9 Å². The molecule has 0 radical (unpaired) electrons. The highest BCUT2D eigenvalue weighted by Gasteiger charge is 2.21. The van der Waals surface area contributed by atoms with Gasteiger partial charge in [0, 0.05) is 12.4 Å². The minimum Gasteiger partial charge on any atom is -0.273 e. The van der Waals surface area contributed by atoms with Crippen LogP contribution >= 0.6 is 0 Å². The second kappa shape index (κ2) is 7.25. The number of fused-ring (bicyclic) bond motifs is 1. The molecule has 0 aliphatic carbocycles. The molecule has 0 aliphatic rings. The van der Waals surface area contributed by atoms with Gasteiger partial charge in [0.2, 0.25) is 5.95 Å². The molecule has 4 aromatic rings. The van der Waals surface area contributed by atoms with Crippen LogP contribution in [0.5, 0.6) is 0 Å². The lowest BCUT2D eigenvalue weighted by Crippen LogP contribution is -2.31. The van der Waals surface area contributed by atoms with E-state index in [0.717, 1.165) is 6.07 Å². The van der Waals surface area contributed by atoms with Crippen LogP contribution in [0.25, 0.3) is 28.0 Å². The molecule has 4 aromatic heterocycles. The molecule has 1 N–H and O–H groups in total. The van der Waals surface area contributed by atoms with Crippen LogP contribution in [0.4, 0.5) is 8.78 Å². The largest absolute Gasteiger partial charge is 0.334 e. The number of hydrogen-bond donors (Lipinski definition) is 1. The van der Waals surface area contributed by atoms with Crippen molar-refractivity contribution < 1.29 is 8.78 Å². The zero-order valence-electron chi connectivity index (χ0n) is 16.4. The molecule has 0 amide bonds. The summed E-state index contributed by atoms with van der Waals surface area (Å²) in [5.74, 6) is -1.87. The van der Waals surface area contributed by atoms with Crippen molar-refractivity contribution in [2.75, 3.05) is 0 Å². The topological polar surface area (TPSA) is 93.5 Å². The first-order valence-corrected chi connectivity index (χ1v) is 9.22. The molecule has 152 valence electrons. The van der Waals surface area contributed by atoms with Crippen LogP contribution in [0.1, 0.15) is 31.0 Å². The number of H-pyrrole nitrogens is 1. The Morgan fingerprint density at radius 1 is 1.10 bits per heavy atom. The summed E-state index contributed by atoms with van der Waals surface area (Å²) in [7, 11) is 0. The Morgan fingerprint density at radius 3 is 2.57 bits per heavy atom. The van der Waals surface area contributed by atoms with Gasteiger partial charge in [-0.2, -0.15) is 4.39 Å². The van der Waals surface area contributed by atoms with Gasteiger partial charge in [-0.25, -0.2) is 23.7 Å². The molecule has 0 spiro atoms. The zero-order valence-corrected chi connectivity index (χ0v) is 16.4. The molecule has 0 saturated carbocycles. The van der Waals surface area contributed by atoms with E-state index in [2.05, 4.69) is 19.9 Å². The minimum absolute atomic E-state index is 0.0514. The maximum Gasteiger partial charge on any atom is 0.334 e. The summed E-state index contributed by atoms with van der Waals surface area (Å²) in [5.41, 5.74) is -0.402. The van der Waals surface area contributed by atoms with E-state index in [1.54, 1.807) is 19.2 Å². The molecule has 0 unspecified atom stereocenters. The van der Waals surface area contributed by atoms with Crippen LogP contribution < -0.4 is 11.2 Å². The van der Waals surface area contributed by atoms with E-state index in [9.17, 15) is 18.4 Å². The molecule has 0 aromatic carbocycles. The summed E-state index contributed by atoms with van der Waals surface area (Å²) in [6.45, 7) is 5.61. The van der Waals surface area contributed by atoms with Crippen molar-refractivity contribution >= 4 is 11.0 Å². The number of hydrogen-bond acceptors (Lipinski definition) is 5. The standard InChI is InChI=1S/C21H17F2N5O2/c1-10(2)15-17(11(3)6-8-24-15)28-19-13(20(29)27-21(28)30)9-14(22)16(26-19)12-5-4-7-25-18(12)23/h4-10H,1-3H3,(H,27,29,30). The van der Waals surface area contributed by atoms with Crippen LogP contribution in [0.2, 0.25) is 0 Å². The molecular weight excluding hydrogens is 392 g/mol. The predicted molar refractivity (Wildman–Crippen MR) is 108 cm³/mol. The molecule has 0 fully saturated rings. The molecule has 4 heterocycles. The SMILES string of the molecule is Cc1ccnc(C(C)C)c1-n1c(=O)[nH]c(=O)c2cc(F)c(-c3cccnc3F)nc21. The fourth-order valence-corrected chi connectivity index (χ4v) is 3.38. The van der Waals surface area contributed by atoms with E-state index in [-0.39, 0.29) is 28.2 Å². The zero-order chi connectivity index (χ0) is 21.6. The summed E-state index contributed by atoms with van der Waals surface area (Å²) < 4.78 is 30.2. The second-order valence-electron chi connectivity index (χ2n) is 7.14. The molecule has 7 nitrogen and oxygen atoms in total. The monoisotopic (exact) mass is 409 g/mol. The van der Waals surface area contributed by atoms with Crippen molar-refractivity contribution in [1.82, 2.24) is 24.5 Å². The quantitative estimate of drug-likeness (QED) is 0.525. The average Bonchev–Trinajstić information content (AvgIpc) is 2.69. The number of pyridine rings is 3.